The van der Waals surface area contributed by atoms with Crippen molar-refractivity contribution >= 4 is 26.9 Å². The summed E-state index contributed by atoms with van der Waals surface area (Å²) in [6.07, 6.45) is 0. The topological polar surface area (TPSA) is 98.5 Å². The summed E-state index contributed by atoms with van der Waals surface area (Å²) in [5.74, 6) is -0.131. The number of carbonyl (C=O) groups is 1. The van der Waals surface area contributed by atoms with Crippen molar-refractivity contribution in [1.29, 1.82) is 0 Å². The zero-order chi connectivity index (χ0) is 19.1. The predicted octanol–water partition coefficient (Wildman–Crippen LogP) is 2.88. The largest absolute Gasteiger partial charge is 0.496 e. The third-order valence-electron chi connectivity index (χ3n) is 4.09. The van der Waals surface area contributed by atoms with Crippen LogP contribution in [-0.4, -0.2) is 26.6 Å². The normalized spacial score (nSPS) is 11.5. The van der Waals surface area contributed by atoms with Crippen LogP contribution in [0.2, 0.25) is 0 Å². The van der Waals surface area contributed by atoms with E-state index in [1.165, 1.54) is 31.4 Å². The number of ether oxygens (including phenoxy) is 1. The van der Waals surface area contributed by atoms with Gasteiger partial charge >= 0.3 is 0 Å². The molecule has 0 aliphatic heterocycles. The Balaban J connectivity index is 1.92. The first-order valence-corrected chi connectivity index (χ1v) is 9.29. The van der Waals surface area contributed by atoms with Gasteiger partial charge < -0.3 is 9.26 Å². The van der Waals surface area contributed by atoms with Gasteiger partial charge in [-0.3, -0.25) is 4.79 Å². The van der Waals surface area contributed by atoms with E-state index in [9.17, 15) is 13.2 Å². The van der Waals surface area contributed by atoms with Crippen molar-refractivity contribution in [2.75, 3.05) is 7.11 Å². The molecular weight excluding hydrogens is 356 g/mol. The minimum Gasteiger partial charge on any atom is -0.496 e. The number of nitrogens with zero attached hydrogens (tertiary/aromatic N) is 1. The molecule has 136 valence electrons. The van der Waals surface area contributed by atoms with Crippen LogP contribution in [0, 0.1) is 20.8 Å². The summed E-state index contributed by atoms with van der Waals surface area (Å²) in [7, 11) is -2.51. The number of rotatable bonds is 4. The van der Waals surface area contributed by atoms with Crippen molar-refractivity contribution < 1.29 is 22.5 Å². The van der Waals surface area contributed by atoms with Gasteiger partial charge in [0.25, 0.3) is 15.9 Å². The van der Waals surface area contributed by atoms with E-state index in [0.717, 1.165) is 5.39 Å². The van der Waals surface area contributed by atoms with Crippen LogP contribution in [0.3, 0.4) is 0 Å². The van der Waals surface area contributed by atoms with E-state index in [4.69, 9.17) is 9.26 Å². The standard InChI is InChI=1S/C18H18N2O5S/c1-10-7-14(8-11(2)17(10)24-4)26(22,23)20-18(21)13-5-6-15-12(3)19-25-16(15)9-13/h5-9H,1-4H3,(H,20,21). The van der Waals surface area contributed by atoms with E-state index in [2.05, 4.69) is 9.88 Å². The Morgan fingerprint density at radius 1 is 1.12 bits per heavy atom. The number of amides is 1. The van der Waals surface area contributed by atoms with Crippen LogP contribution in [0.1, 0.15) is 27.2 Å². The van der Waals surface area contributed by atoms with Gasteiger partial charge in [-0.25, -0.2) is 13.1 Å². The van der Waals surface area contributed by atoms with Gasteiger partial charge in [0.05, 0.1) is 17.7 Å². The second-order valence-corrected chi connectivity index (χ2v) is 7.69. The quantitative estimate of drug-likeness (QED) is 0.754. The van der Waals surface area contributed by atoms with Crippen molar-refractivity contribution in [2.24, 2.45) is 0 Å². The highest BCUT2D eigenvalue weighted by molar-refractivity contribution is 7.90. The highest BCUT2D eigenvalue weighted by Gasteiger charge is 2.21. The fourth-order valence-electron chi connectivity index (χ4n) is 2.83. The zero-order valence-corrected chi connectivity index (χ0v) is 15.6. The average molecular weight is 374 g/mol. The van der Waals surface area contributed by atoms with Crippen molar-refractivity contribution in [3.8, 4) is 5.75 Å². The van der Waals surface area contributed by atoms with Crippen molar-refractivity contribution in [2.45, 2.75) is 25.7 Å². The van der Waals surface area contributed by atoms with Gasteiger partial charge in [-0.1, -0.05) is 5.16 Å². The van der Waals surface area contributed by atoms with Crippen molar-refractivity contribution in [1.82, 2.24) is 9.88 Å². The van der Waals surface area contributed by atoms with Gasteiger partial charge in [0.2, 0.25) is 0 Å². The summed E-state index contributed by atoms with van der Waals surface area (Å²) in [6, 6.07) is 7.59. The summed E-state index contributed by atoms with van der Waals surface area (Å²) < 4.78 is 37.6. The predicted molar refractivity (Wildman–Crippen MR) is 95.9 cm³/mol. The third kappa shape index (κ3) is 3.15. The second kappa shape index (κ2) is 6.45. The zero-order valence-electron chi connectivity index (χ0n) is 14.8. The number of hydrogen-bond donors (Lipinski definition) is 1. The lowest BCUT2D eigenvalue weighted by molar-refractivity contribution is 0.0981. The highest BCUT2D eigenvalue weighted by atomic mass is 32.2. The van der Waals surface area contributed by atoms with Crippen LogP contribution in [0.4, 0.5) is 0 Å². The maximum Gasteiger partial charge on any atom is 0.265 e. The van der Waals surface area contributed by atoms with Gasteiger partial charge in [0.15, 0.2) is 5.58 Å². The molecule has 7 nitrogen and oxygen atoms in total. The molecule has 2 aromatic carbocycles. The fourth-order valence-corrected chi connectivity index (χ4v) is 3.98. The Kier molecular flexibility index (Phi) is 4.45. The molecule has 8 heteroatoms. The van der Waals surface area contributed by atoms with E-state index < -0.39 is 15.9 Å². The van der Waals surface area contributed by atoms with E-state index >= 15 is 0 Å². The number of aryl methyl sites for hydroxylation is 3. The Morgan fingerprint density at radius 2 is 1.77 bits per heavy atom. The molecular formula is C18H18N2O5S. The summed E-state index contributed by atoms with van der Waals surface area (Å²) >= 11 is 0. The Labute approximate surface area is 151 Å². The van der Waals surface area contributed by atoms with Crippen LogP contribution in [-0.2, 0) is 10.0 Å². The van der Waals surface area contributed by atoms with Crippen LogP contribution in [0.15, 0.2) is 39.8 Å². The highest BCUT2D eigenvalue weighted by Crippen LogP contribution is 2.26. The molecule has 1 heterocycles. The van der Waals surface area contributed by atoms with Crippen molar-refractivity contribution in [3.63, 3.8) is 0 Å². The van der Waals surface area contributed by atoms with E-state index in [1.807, 2.05) is 0 Å². The minimum atomic E-state index is -4.03. The molecule has 1 aromatic heterocycles. The lowest BCUT2D eigenvalue weighted by Gasteiger charge is -2.12. The molecule has 0 saturated heterocycles. The summed E-state index contributed by atoms with van der Waals surface area (Å²) in [5, 5.41) is 4.59. The van der Waals surface area contributed by atoms with Gasteiger partial charge in [0.1, 0.15) is 5.75 Å². The molecule has 1 amide bonds. The van der Waals surface area contributed by atoms with Gasteiger partial charge in [-0.15, -0.1) is 0 Å². The van der Waals surface area contributed by atoms with Gasteiger partial charge in [-0.2, -0.15) is 0 Å². The number of methoxy groups -OCH3 is 1. The monoisotopic (exact) mass is 374 g/mol. The van der Waals surface area contributed by atoms with Crippen LogP contribution < -0.4 is 9.46 Å². The average Bonchev–Trinajstić information content (AvgIpc) is 2.95. The molecule has 0 aliphatic rings. The number of hydrogen-bond acceptors (Lipinski definition) is 6. The lowest BCUT2D eigenvalue weighted by Crippen LogP contribution is -2.30. The second-order valence-electron chi connectivity index (χ2n) is 6.00. The molecule has 3 aromatic rings. The number of aromatic nitrogens is 1. The first-order valence-electron chi connectivity index (χ1n) is 7.81. The molecule has 1 N–H and O–H groups in total. The van der Waals surface area contributed by atoms with E-state index in [-0.39, 0.29) is 10.5 Å². The van der Waals surface area contributed by atoms with Crippen molar-refractivity contribution in [3.05, 3.63) is 52.7 Å². The summed E-state index contributed by atoms with van der Waals surface area (Å²) in [4.78, 5) is 12.4. The minimum absolute atomic E-state index is 0.00163. The Morgan fingerprint density at radius 3 is 2.38 bits per heavy atom. The lowest BCUT2D eigenvalue weighted by atomic mass is 10.1. The van der Waals surface area contributed by atoms with Crippen LogP contribution >= 0.6 is 0 Å². The molecule has 26 heavy (non-hydrogen) atoms. The molecule has 0 bridgehead atoms. The van der Waals surface area contributed by atoms with E-state index in [0.29, 0.717) is 28.2 Å². The maximum atomic E-state index is 12.6. The third-order valence-corrected chi connectivity index (χ3v) is 5.40. The molecule has 0 saturated carbocycles. The molecule has 0 unspecified atom stereocenters. The number of nitrogens with one attached hydrogen (secondary N) is 1. The summed E-state index contributed by atoms with van der Waals surface area (Å²) in [5.41, 5.74) is 2.62. The molecule has 0 fully saturated rings. The molecule has 0 radical (unpaired) electrons. The van der Waals surface area contributed by atoms with Crippen LogP contribution in [0.5, 0.6) is 5.75 Å². The molecule has 0 atom stereocenters. The first kappa shape index (κ1) is 17.9. The Bertz CT molecular complexity index is 1090. The number of fused-ring (bicyclic) bond motifs is 1. The Hall–Kier alpha value is -2.87. The number of benzene rings is 2. The fraction of sp³-hybridized carbons (Fsp3) is 0.222. The molecule has 0 aliphatic carbocycles. The molecule has 0 spiro atoms. The number of sulfonamides is 1. The SMILES string of the molecule is COc1c(C)cc(S(=O)(=O)NC(=O)c2ccc3c(C)noc3c2)cc1C. The first-order chi connectivity index (χ1) is 12.2. The van der Waals surface area contributed by atoms with Crippen LogP contribution in [0.25, 0.3) is 11.0 Å². The molecule has 3 rings (SSSR count). The maximum absolute atomic E-state index is 12.6. The summed E-state index contributed by atoms with van der Waals surface area (Å²) in [6.45, 7) is 5.27. The van der Waals surface area contributed by atoms with E-state index in [1.54, 1.807) is 26.8 Å². The smallest absolute Gasteiger partial charge is 0.265 e. The number of carbonyl (C=O) groups excluding carboxylic acids is 1. The van der Waals surface area contributed by atoms with Gasteiger partial charge in [-0.05, 0) is 62.2 Å². The van der Waals surface area contributed by atoms with Gasteiger partial charge in [0, 0.05) is 10.9 Å².